The zero-order valence-corrected chi connectivity index (χ0v) is 33.3. The van der Waals surface area contributed by atoms with Crippen molar-refractivity contribution < 1.29 is 28.7 Å². The molecule has 0 radical (unpaired) electrons. The Hall–Kier alpha value is -6.29. The van der Waals surface area contributed by atoms with Crippen molar-refractivity contribution in [2.24, 2.45) is 0 Å². The lowest BCUT2D eigenvalue weighted by molar-refractivity contribution is -0.125. The van der Waals surface area contributed by atoms with Crippen molar-refractivity contribution in [3.63, 3.8) is 0 Å². The van der Waals surface area contributed by atoms with Crippen LogP contribution in [0.25, 0.3) is 11.0 Å². The van der Waals surface area contributed by atoms with Crippen LogP contribution in [0.2, 0.25) is 0 Å². The zero-order valence-electron chi connectivity index (χ0n) is 33.3. The molecule has 1 unspecified atom stereocenters. The number of ketones is 2. The van der Waals surface area contributed by atoms with Gasteiger partial charge in [0.1, 0.15) is 29.9 Å². The van der Waals surface area contributed by atoms with Gasteiger partial charge in [0.05, 0.1) is 28.6 Å². The normalized spacial score (nSPS) is 18.7. The minimum Gasteiger partial charge on any atom is -0.485 e. The monoisotopic (exact) mass is 801 g/mol. The molecule has 3 aromatic heterocycles. The van der Waals surface area contributed by atoms with Gasteiger partial charge in [-0.1, -0.05) is 25.5 Å². The number of allylic oxidation sites excluding steroid dienone is 1. The maximum Gasteiger partial charge on any atom is 0.266 e. The molecule has 16 nitrogen and oxygen atoms in total. The molecule has 306 valence electrons. The molecule has 2 saturated heterocycles. The standard InChI is InChI=1S/C43H47N9O7/c1-25-13-15-33(39(55)46-25)52-40(56)31-11-6-12-34(37(31)42(52)58)59-24-30(54)10-7-17-49-18-20-50(21-19-49)29-14-16-35(44-22-29)47-43-45-23-32-26(2)36(27(3)53)41(57)51(38(32)48-43)28-8-4-5-9-28/h6,11-12,14,16,22-23,28,33H,1,4-5,7-10,13,15,17-21,24H2,2-3H3,(H,46,55)(H,44,45,47,48). The van der Waals surface area contributed by atoms with E-state index in [1.54, 1.807) is 29.8 Å². The number of nitrogens with one attached hydrogen (secondary N) is 2. The first-order valence-corrected chi connectivity index (χ1v) is 20.3. The highest BCUT2D eigenvalue weighted by Gasteiger charge is 2.45. The van der Waals surface area contributed by atoms with E-state index in [4.69, 9.17) is 9.72 Å². The van der Waals surface area contributed by atoms with E-state index in [0.717, 1.165) is 69.0 Å². The van der Waals surface area contributed by atoms with E-state index >= 15 is 0 Å². The number of rotatable bonds is 13. The summed E-state index contributed by atoms with van der Waals surface area (Å²) in [4.78, 5) is 97.4. The maximum atomic E-state index is 13.6. The summed E-state index contributed by atoms with van der Waals surface area (Å²) in [5.41, 5.74) is 2.79. The Balaban J connectivity index is 0.810. The number of aromatic nitrogens is 4. The van der Waals surface area contributed by atoms with Crippen LogP contribution in [0.5, 0.6) is 5.75 Å². The summed E-state index contributed by atoms with van der Waals surface area (Å²) in [5.74, 6) is -0.944. The van der Waals surface area contributed by atoms with Crippen molar-refractivity contribution in [2.45, 2.75) is 77.3 Å². The number of pyridine rings is 2. The number of piperazine rings is 1. The molecule has 16 heteroatoms. The number of fused-ring (bicyclic) bond motifs is 2. The Morgan fingerprint density at radius 2 is 1.75 bits per heavy atom. The lowest BCUT2D eigenvalue weighted by Gasteiger charge is -2.36. The number of aryl methyl sites for hydroxylation is 1. The van der Waals surface area contributed by atoms with Gasteiger partial charge in [-0.2, -0.15) is 4.98 Å². The number of hydrogen-bond acceptors (Lipinski definition) is 13. The summed E-state index contributed by atoms with van der Waals surface area (Å²) in [6.07, 6.45) is 8.97. The smallest absolute Gasteiger partial charge is 0.266 e. The Morgan fingerprint density at radius 1 is 0.966 bits per heavy atom. The number of hydrogen-bond donors (Lipinski definition) is 2. The van der Waals surface area contributed by atoms with Crippen LogP contribution >= 0.6 is 0 Å². The number of Topliss-reactive ketones (excluding diaryl/α,β-unsaturated/α-hetero) is 2. The molecule has 1 saturated carbocycles. The van der Waals surface area contributed by atoms with Crippen molar-refractivity contribution in [1.29, 1.82) is 0 Å². The molecule has 2 N–H and O–H groups in total. The molecule has 6 heterocycles. The molecule has 3 fully saturated rings. The van der Waals surface area contributed by atoms with Gasteiger partial charge in [0.25, 0.3) is 17.4 Å². The number of nitrogens with zero attached hydrogens (tertiary/aromatic N) is 7. The molecule has 3 aliphatic heterocycles. The molecule has 8 rings (SSSR count). The lowest BCUT2D eigenvalue weighted by atomic mass is 10.0. The highest BCUT2D eigenvalue weighted by atomic mass is 16.5. The zero-order chi connectivity index (χ0) is 41.4. The van der Waals surface area contributed by atoms with Gasteiger partial charge in [0, 0.05) is 55.9 Å². The van der Waals surface area contributed by atoms with Crippen molar-refractivity contribution >= 4 is 57.8 Å². The highest BCUT2D eigenvalue weighted by molar-refractivity contribution is 6.24. The maximum absolute atomic E-state index is 13.6. The fourth-order valence-corrected chi connectivity index (χ4v) is 8.71. The number of imide groups is 1. The van der Waals surface area contributed by atoms with Crippen molar-refractivity contribution in [3.8, 4) is 5.75 Å². The second-order valence-electron chi connectivity index (χ2n) is 15.7. The number of piperidine rings is 1. The number of amides is 3. The number of carbonyl (C=O) groups is 5. The summed E-state index contributed by atoms with van der Waals surface area (Å²) >= 11 is 0. The Kier molecular flexibility index (Phi) is 11.1. The number of ether oxygens (including phenoxy) is 1. The third-order valence-corrected chi connectivity index (χ3v) is 11.8. The largest absolute Gasteiger partial charge is 0.485 e. The average molecular weight is 802 g/mol. The van der Waals surface area contributed by atoms with E-state index < -0.39 is 23.8 Å². The third-order valence-electron chi connectivity index (χ3n) is 11.8. The SMILES string of the molecule is C=C1CCC(N2C(=O)c3cccc(OCC(=O)CCCN4CCN(c5ccc(Nc6ncc7c(C)c(C(C)=O)c(=O)n(C8CCCC8)c7n6)nc5)CC4)c3C2=O)C(=O)N1. The average Bonchev–Trinajstić information content (AvgIpc) is 3.84. The van der Waals surface area contributed by atoms with Crippen LogP contribution in [0.1, 0.15) is 101 Å². The minimum absolute atomic E-state index is 0.00831. The van der Waals surface area contributed by atoms with E-state index in [9.17, 15) is 28.8 Å². The predicted molar refractivity (Wildman–Crippen MR) is 219 cm³/mol. The third kappa shape index (κ3) is 7.83. The summed E-state index contributed by atoms with van der Waals surface area (Å²) in [7, 11) is 0. The van der Waals surface area contributed by atoms with Gasteiger partial charge < -0.3 is 20.3 Å². The van der Waals surface area contributed by atoms with Crippen LogP contribution in [0.15, 0.2) is 59.8 Å². The molecule has 0 bridgehead atoms. The molecule has 59 heavy (non-hydrogen) atoms. The van der Waals surface area contributed by atoms with Crippen LogP contribution < -0.4 is 25.8 Å². The molecular weight excluding hydrogens is 755 g/mol. The second-order valence-corrected chi connectivity index (χ2v) is 15.7. The van der Waals surface area contributed by atoms with E-state index in [-0.39, 0.29) is 52.2 Å². The van der Waals surface area contributed by atoms with Gasteiger partial charge in [0.2, 0.25) is 11.9 Å². The van der Waals surface area contributed by atoms with Gasteiger partial charge in [0.15, 0.2) is 11.6 Å². The van der Waals surface area contributed by atoms with Crippen LogP contribution in [0.4, 0.5) is 17.5 Å². The predicted octanol–water partition coefficient (Wildman–Crippen LogP) is 4.49. The topological polar surface area (TPSA) is 189 Å². The van der Waals surface area contributed by atoms with E-state index in [0.29, 0.717) is 59.7 Å². The first-order valence-electron chi connectivity index (χ1n) is 20.3. The quantitative estimate of drug-likeness (QED) is 0.142. The fourth-order valence-electron chi connectivity index (χ4n) is 8.71. The Bertz CT molecular complexity index is 2430. The number of anilines is 3. The molecule has 1 aromatic carbocycles. The Morgan fingerprint density at radius 3 is 2.46 bits per heavy atom. The second kappa shape index (κ2) is 16.5. The van der Waals surface area contributed by atoms with Gasteiger partial charge >= 0.3 is 0 Å². The van der Waals surface area contributed by atoms with E-state index in [1.165, 1.54) is 13.0 Å². The van der Waals surface area contributed by atoms with Crippen molar-refractivity contribution in [1.82, 2.24) is 34.6 Å². The molecule has 0 spiro atoms. The van der Waals surface area contributed by atoms with Crippen LogP contribution in [-0.2, 0) is 9.59 Å². The van der Waals surface area contributed by atoms with E-state index in [1.807, 2.05) is 18.3 Å². The molecule has 4 aromatic rings. The summed E-state index contributed by atoms with van der Waals surface area (Å²) in [6.45, 7) is 10.7. The van der Waals surface area contributed by atoms with Gasteiger partial charge in [-0.15, -0.1) is 0 Å². The van der Waals surface area contributed by atoms with Gasteiger partial charge in [-0.25, -0.2) is 9.97 Å². The van der Waals surface area contributed by atoms with Crippen molar-refractivity contribution in [3.05, 3.63) is 87.6 Å². The first kappa shape index (κ1) is 39.5. The number of carbonyl (C=O) groups excluding carboxylic acids is 5. The molecular formula is C43H47N9O7. The van der Waals surface area contributed by atoms with Crippen molar-refractivity contribution in [2.75, 3.05) is 49.5 Å². The van der Waals surface area contributed by atoms with Gasteiger partial charge in [-0.3, -0.25) is 43.1 Å². The van der Waals surface area contributed by atoms with Crippen LogP contribution in [0.3, 0.4) is 0 Å². The Labute approximate surface area is 340 Å². The molecule has 3 amide bonds. The van der Waals surface area contributed by atoms with Crippen LogP contribution in [0, 0.1) is 6.92 Å². The summed E-state index contributed by atoms with van der Waals surface area (Å²) in [5, 5.41) is 6.50. The lowest BCUT2D eigenvalue weighted by Crippen LogP contribution is -2.51. The summed E-state index contributed by atoms with van der Waals surface area (Å²) in [6, 6.07) is 7.62. The van der Waals surface area contributed by atoms with Gasteiger partial charge in [-0.05, 0) is 82.3 Å². The minimum atomic E-state index is -0.928. The van der Waals surface area contributed by atoms with Crippen LogP contribution in [-0.4, -0.2) is 104 Å². The number of benzene rings is 1. The van der Waals surface area contributed by atoms with E-state index in [2.05, 4.69) is 37.0 Å². The molecule has 1 atom stereocenters. The first-order chi connectivity index (χ1) is 28.5. The molecule has 4 aliphatic rings. The highest BCUT2D eigenvalue weighted by Crippen LogP contribution is 2.35. The summed E-state index contributed by atoms with van der Waals surface area (Å²) < 4.78 is 7.49. The fraction of sp³-hybridized carbons (Fsp3) is 0.419. The molecule has 1 aliphatic carbocycles.